The fourth-order valence-corrected chi connectivity index (χ4v) is 4.89. The second kappa shape index (κ2) is 8.82. The minimum absolute atomic E-state index is 0.0235. The summed E-state index contributed by atoms with van der Waals surface area (Å²) in [6.45, 7) is 5.34. The van der Waals surface area contributed by atoms with Gasteiger partial charge in [0.25, 0.3) is 0 Å². The van der Waals surface area contributed by atoms with E-state index in [-0.39, 0.29) is 11.7 Å². The average molecular weight is 461 g/mol. The van der Waals surface area contributed by atoms with Crippen LogP contribution in [0.2, 0.25) is 0 Å². The monoisotopic (exact) mass is 460 g/mol. The van der Waals surface area contributed by atoms with Crippen LogP contribution in [0.4, 0.5) is 16.4 Å². The molecule has 4 N–H and O–H groups in total. The zero-order chi connectivity index (χ0) is 21.9. The van der Waals surface area contributed by atoms with Crippen LogP contribution >= 0.6 is 22.7 Å². The van der Waals surface area contributed by atoms with Crippen molar-refractivity contribution in [3.63, 3.8) is 0 Å². The molecule has 156 valence electrons. The Morgan fingerprint density at radius 1 is 1.27 bits per heavy atom. The van der Waals surface area contributed by atoms with E-state index in [0.29, 0.717) is 15.6 Å². The molecule has 2 aromatic heterocycles. The van der Waals surface area contributed by atoms with Gasteiger partial charge in [-0.05, 0) is 36.8 Å². The van der Waals surface area contributed by atoms with Gasteiger partial charge in [-0.3, -0.25) is 9.52 Å². The highest BCUT2D eigenvalue weighted by Gasteiger charge is 2.14. The molecule has 0 bridgehead atoms. The van der Waals surface area contributed by atoms with Crippen LogP contribution in [0.1, 0.15) is 21.5 Å². The maximum Gasteiger partial charge on any atom is 0.229 e. The van der Waals surface area contributed by atoms with Gasteiger partial charge in [0.05, 0.1) is 21.7 Å². The summed E-state index contributed by atoms with van der Waals surface area (Å²) in [4.78, 5) is 17.3. The first-order valence-corrected chi connectivity index (χ1v) is 12.3. The number of carbonyl (C=O) groups is 1. The third-order valence-electron chi connectivity index (χ3n) is 3.90. The number of nitrogens with zero attached hydrogens (tertiary/aromatic N) is 1. The molecule has 7 nitrogen and oxygen atoms in total. The van der Waals surface area contributed by atoms with E-state index in [0.717, 1.165) is 27.9 Å². The molecule has 3 aromatic rings. The van der Waals surface area contributed by atoms with Gasteiger partial charge in [-0.15, -0.1) is 22.7 Å². The van der Waals surface area contributed by atoms with Crippen LogP contribution in [-0.2, 0) is 10.0 Å². The lowest BCUT2D eigenvalue weighted by Crippen LogP contribution is -2.22. The summed E-state index contributed by atoms with van der Waals surface area (Å²) in [6.07, 6.45) is 2.81. The number of nitrogens with one attached hydrogen (secondary N) is 2. The molecule has 2 heterocycles. The minimum Gasteiger partial charge on any atom is -0.369 e. The molecule has 0 atom stereocenters. The summed E-state index contributed by atoms with van der Waals surface area (Å²) in [5.74, 6) is 0.143. The van der Waals surface area contributed by atoms with Gasteiger partial charge < -0.3 is 11.1 Å². The van der Waals surface area contributed by atoms with E-state index in [1.165, 1.54) is 29.6 Å². The fraction of sp³-hybridized carbons (Fsp3) is 0.100. The Morgan fingerprint density at radius 3 is 2.67 bits per heavy atom. The second-order valence-corrected chi connectivity index (χ2v) is 10.1. The third-order valence-corrected chi connectivity index (χ3v) is 6.57. The molecule has 0 radical (unpaired) electrons. The maximum atomic E-state index is 11.5. The Balaban J connectivity index is 1.94. The molecule has 0 saturated heterocycles. The molecule has 0 saturated carbocycles. The number of benzene rings is 1. The minimum atomic E-state index is -3.38. The number of rotatable bonds is 7. The van der Waals surface area contributed by atoms with Crippen molar-refractivity contribution in [3.8, 4) is 11.1 Å². The summed E-state index contributed by atoms with van der Waals surface area (Å²) < 4.78 is 25.6. The van der Waals surface area contributed by atoms with Crippen LogP contribution in [0.3, 0.4) is 0 Å². The standard InChI is InChI=1S/C20H20N4O3S3/c1-4-16-19(23-20(21)22-18-9-8-17(29-18)12(2)25)15(11-28-16)13-6-5-7-14(10-13)24-30(3,26)27/h4-11,24H,1H2,2-3H3,(H3,21,22,23). The molecular formula is C20H20N4O3S3. The number of Topliss-reactive ketones (excluding diaryl/α,β-unsaturated/α-hetero) is 1. The van der Waals surface area contributed by atoms with Crippen molar-refractivity contribution < 1.29 is 13.2 Å². The van der Waals surface area contributed by atoms with E-state index in [1.54, 1.807) is 36.4 Å². The van der Waals surface area contributed by atoms with E-state index in [1.807, 2.05) is 11.4 Å². The Bertz CT molecular complexity index is 1240. The van der Waals surface area contributed by atoms with E-state index in [9.17, 15) is 13.2 Å². The number of sulfonamides is 1. The first-order valence-electron chi connectivity index (χ1n) is 8.70. The number of nitrogens with two attached hydrogens (primary N) is 1. The molecular weight excluding hydrogens is 440 g/mol. The van der Waals surface area contributed by atoms with E-state index < -0.39 is 10.0 Å². The highest BCUT2D eigenvalue weighted by molar-refractivity contribution is 7.92. The number of hydrogen-bond acceptors (Lipinski definition) is 6. The molecule has 0 aliphatic rings. The molecule has 30 heavy (non-hydrogen) atoms. The molecule has 0 unspecified atom stereocenters. The van der Waals surface area contributed by atoms with Crippen molar-refractivity contribution in [2.45, 2.75) is 6.92 Å². The van der Waals surface area contributed by atoms with Gasteiger partial charge in [-0.25, -0.2) is 13.4 Å². The van der Waals surface area contributed by atoms with Crippen molar-refractivity contribution in [3.05, 3.63) is 58.1 Å². The van der Waals surface area contributed by atoms with Gasteiger partial charge in [0.1, 0.15) is 5.00 Å². The Morgan fingerprint density at radius 2 is 2.03 bits per heavy atom. The van der Waals surface area contributed by atoms with Gasteiger partial charge in [0, 0.05) is 16.6 Å². The van der Waals surface area contributed by atoms with E-state index in [4.69, 9.17) is 5.73 Å². The van der Waals surface area contributed by atoms with Gasteiger partial charge in [-0.1, -0.05) is 24.8 Å². The van der Waals surface area contributed by atoms with Crippen LogP contribution in [0.5, 0.6) is 0 Å². The molecule has 0 fully saturated rings. The van der Waals surface area contributed by atoms with Crippen LogP contribution in [-0.4, -0.2) is 26.4 Å². The first-order chi connectivity index (χ1) is 14.2. The van der Waals surface area contributed by atoms with Crippen molar-refractivity contribution >= 4 is 66.9 Å². The van der Waals surface area contributed by atoms with E-state index in [2.05, 4.69) is 21.6 Å². The molecule has 3 rings (SSSR count). The maximum absolute atomic E-state index is 11.5. The van der Waals surface area contributed by atoms with Crippen LogP contribution in [0.25, 0.3) is 17.2 Å². The second-order valence-electron chi connectivity index (χ2n) is 6.36. The zero-order valence-corrected chi connectivity index (χ0v) is 18.7. The predicted octanol–water partition coefficient (Wildman–Crippen LogP) is 4.75. The van der Waals surface area contributed by atoms with Crippen LogP contribution in [0.15, 0.2) is 53.3 Å². The summed E-state index contributed by atoms with van der Waals surface area (Å²) in [6, 6.07) is 10.5. The zero-order valence-electron chi connectivity index (χ0n) is 16.3. The van der Waals surface area contributed by atoms with Gasteiger partial charge in [0.15, 0.2) is 11.7 Å². The number of thiophene rings is 2. The topological polar surface area (TPSA) is 114 Å². The fourth-order valence-electron chi connectivity index (χ4n) is 2.68. The van der Waals surface area contributed by atoms with E-state index >= 15 is 0 Å². The smallest absolute Gasteiger partial charge is 0.229 e. The summed E-state index contributed by atoms with van der Waals surface area (Å²) in [5.41, 5.74) is 8.92. The molecule has 0 spiro atoms. The third kappa shape index (κ3) is 5.35. The summed E-state index contributed by atoms with van der Waals surface area (Å²) >= 11 is 2.73. The molecule has 0 aliphatic carbocycles. The summed E-state index contributed by atoms with van der Waals surface area (Å²) in [5, 5.41) is 5.66. The summed E-state index contributed by atoms with van der Waals surface area (Å²) in [7, 11) is -3.38. The molecule has 10 heteroatoms. The molecule has 0 amide bonds. The Hall–Kier alpha value is -2.95. The van der Waals surface area contributed by atoms with Crippen molar-refractivity contribution in [2.75, 3.05) is 16.3 Å². The lowest BCUT2D eigenvalue weighted by atomic mass is 10.1. The molecule has 1 aromatic carbocycles. The van der Waals surface area contributed by atoms with Crippen molar-refractivity contribution in [1.82, 2.24) is 0 Å². The molecule has 0 aliphatic heterocycles. The normalized spacial score (nSPS) is 11.9. The number of aliphatic imine (C=N–C) groups is 1. The van der Waals surface area contributed by atoms with Crippen molar-refractivity contribution in [2.24, 2.45) is 10.7 Å². The SMILES string of the molecule is C=Cc1scc(-c2cccc(NS(C)(=O)=O)c2)c1NC(N)=Nc1ccc(C(C)=O)s1. The number of anilines is 2. The highest BCUT2D eigenvalue weighted by Crippen LogP contribution is 2.38. The van der Waals surface area contributed by atoms with Gasteiger partial charge in [0.2, 0.25) is 10.0 Å². The Labute approximate surface area is 183 Å². The van der Waals surface area contributed by atoms with Crippen molar-refractivity contribution in [1.29, 1.82) is 0 Å². The Kier molecular flexibility index (Phi) is 6.40. The van der Waals surface area contributed by atoms with Crippen LogP contribution in [0, 0.1) is 0 Å². The first kappa shape index (κ1) is 21.8. The van der Waals surface area contributed by atoms with Crippen LogP contribution < -0.4 is 15.8 Å². The number of ketones is 1. The number of hydrogen-bond donors (Lipinski definition) is 3. The largest absolute Gasteiger partial charge is 0.369 e. The average Bonchev–Trinajstić information content (AvgIpc) is 3.27. The lowest BCUT2D eigenvalue weighted by Gasteiger charge is -2.10. The number of guanidine groups is 1. The quantitative estimate of drug-likeness (QED) is 0.267. The lowest BCUT2D eigenvalue weighted by molar-refractivity contribution is 0.102. The van der Waals surface area contributed by atoms with Gasteiger partial charge >= 0.3 is 0 Å². The van der Waals surface area contributed by atoms with Gasteiger partial charge in [-0.2, -0.15) is 0 Å². The predicted molar refractivity (Wildman–Crippen MR) is 128 cm³/mol. The highest BCUT2D eigenvalue weighted by atomic mass is 32.2. The number of carbonyl (C=O) groups excluding carboxylic acids is 1.